The van der Waals surface area contributed by atoms with Gasteiger partial charge in [0.1, 0.15) is 13.2 Å². The first-order valence-corrected chi connectivity index (χ1v) is 5.88. The molecule has 0 aromatic rings. The fraction of sp³-hybridized carbons (Fsp3) is 0.538. The summed E-state index contributed by atoms with van der Waals surface area (Å²) in [6.45, 7) is 9.70. The van der Waals surface area contributed by atoms with Crippen LogP contribution in [0.25, 0.3) is 0 Å². The molecule has 0 spiro atoms. The molecule has 6 nitrogen and oxygen atoms in total. The van der Waals surface area contributed by atoms with Crippen molar-refractivity contribution < 1.29 is 28.5 Å². The second kappa shape index (κ2) is 11.4. The molecule has 0 radical (unpaired) electrons. The van der Waals surface area contributed by atoms with Gasteiger partial charge in [-0.15, -0.1) is 0 Å². The normalized spacial score (nSPS) is 11.4. The van der Waals surface area contributed by atoms with Crippen LogP contribution in [0.5, 0.6) is 0 Å². The molecule has 1 atom stereocenters. The molecular weight excluding hydrogens is 252 g/mol. The largest absolute Gasteiger partial charge is 0.460 e. The Morgan fingerprint density at radius 2 is 1.58 bits per heavy atom. The third-order valence-corrected chi connectivity index (χ3v) is 1.90. The quantitative estimate of drug-likeness (QED) is 0.316. The number of carbonyl (C=O) groups excluding carboxylic acids is 2. The van der Waals surface area contributed by atoms with Crippen LogP contribution in [0.2, 0.25) is 0 Å². The van der Waals surface area contributed by atoms with Crippen molar-refractivity contribution in [3.8, 4) is 0 Å². The van der Waals surface area contributed by atoms with Gasteiger partial charge in [-0.1, -0.05) is 13.2 Å². The van der Waals surface area contributed by atoms with Crippen LogP contribution in [-0.4, -0.2) is 51.1 Å². The number of esters is 2. The van der Waals surface area contributed by atoms with Crippen molar-refractivity contribution in [3.05, 3.63) is 25.3 Å². The molecule has 0 bridgehead atoms. The van der Waals surface area contributed by atoms with Gasteiger partial charge in [-0.05, 0) is 6.92 Å². The predicted molar refractivity (Wildman–Crippen MR) is 68.5 cm³/mol. The lowest BCUT2D eigenvalue weighted by Crippen LogP contribution is -2.20. The Bertz CT molecular complexity index is 300. The standard InChI is InChI=1S/C13H20O6/c1-4-12(14)18-9-7-16-6-8-17-11(3)10-19-13(15)5-2/h4-5,11H,1-2,6-10H2,3H3. The molecule has 6 heteroatoms. The summed E-state index contributed by atoms with van der Waals surface area (Å²) in [5.74, 6) is -0.951. The van der Waals surface area contributed by atoms with Gasteiger partial charge in [-0.3, -0.25) is 0 Å². The minimum atomic E-state index is -0.476. The second-order valence-corrected chi connectivity index (χ2v) is 3.50. The molecular formula is C13H20O6. The Balaban J connectivity index is 3.33. The predicted octanol–water partition coefficient (Wildman–Crippen LogP) is 0.866. The lowest BCUT2D eigenvalue weighted by Gasteiger charge is -2.12. The number of ether oxygens (including phenoxy) is 4. The highest BCUT2D eigenvalue weighted by Gasteiger charge is 2.04. The molecule has 0 fully saturated rings. The van der Waals surface area contributed by atoms with E-state index in [-0.39, 0.29) is 19.3 Å². The fourth-order valence-electron chi connectivity index (χ4n) is 0.977. The van der Waals surface area contributed by atoms with E-state index in [2.05, 4.69) is 13.2 Å². The average Bonchev–Trinajstić information content (AvgIpc) is 2.43. The maximum absolute atomic E-state index is 10.8. The van der Waals surface area contributed by atoms with Gasteiger partial charge in [0.15, 0.2) is 0 Å². The van der Waals surface area contributed by atoms with Gasteiger partial charge in [0.2, 0.25) is 0 Å². The van der Waals surface area contributed by atoms with Crippen LogP contribution in [0.4, 0.5) is 0 Å². The Morgan fingerprint density at radius 1 is 1.00 bits per heavy atom. The smallest absolute Gasteiger partial charge is 0.330 e. The van der Waals surface area contributed by atoms with E-state index in [0.717, 1.165) is 12.2 Å². The van der Waals surface area contributed by atoms with Crippen molar-refractivity contribution in [2.75, 3.05) is 33.0 Å². The van der Waals surface area contributed by atoms with Crippen molar-refractivity contribution in [3.63, 3.8) is 0 Å². The first kappa shape index (κ1) is 17.3. The van der Waals surface area contributed by atoms with Crippen molar-refractivity contribution in [1.82, 2.24) is 0 Å². The Morgan fingerprint density at radius 3 is 2.21 bits per heavy atom. The van der Waals surface area contributed by atoms with Gasteiger partial charge in [-0.2, -0.15) is 0 Å². The van der Waals surface area contributed by atoms with Crippen LogP contribution in [0, 0.1) is 0 Å². The summed E-state index contributed by atoms with van der Waals surface area (Å²) in [6.07, 6.45) is 1.97. The van der Waals surface area contributed by atoms with Crippen LogP contribution in [-0.2, 0) is 28.5 Å². The van der Waals surface area contributed by atoms with E-state index in [1.54, 1.807) is 6.92 Å². The minimum Gasteiger partial charge on any atom is -0.460 e. The van der Waals surface area contributed by atoms with E-state index in [1.807, 2.05) is 0 Å². The summed E-state index contributed by atoms with van der Waals surface area (Å²) in [5.41, 5.74) is 0. The molecule has 0 amide bonds. The van der Waals surface area contributed by atoms with Gasteiger partial charge in [-0.25, -0.2) is 9.59 Å². The zero-order chi connectivity index (χ0) is 14.5. The van der Waals surface area contributed by atoms with Crippen LogP contribution < -0.4 is 0 Å². The highest BCUT2D eigenvalue weighted by molar-refractivity contribution is 5.81. The fourth-order valence-corrected chi connectivity index (χ4v) is 0.977. The highest BCUT2D eigenvalue weighted by atomic mass is 16.6. The van der Waals surface area contributed by atoms with Gasteiger partial charge < -0.3 is 18.9 Å². The summed E-state index contributed by atoms with van der Waals surface area (Å²) < 4.78 is 20.0. The first-order valence-electron chi connectivity index (χ1n) is 5.88. The molecule has 0 saturated carbocycles. The summed E-state index contributed by atoms with van der Waals surface area (Å²) in [5, 5.41) is 0. The molecule has 0 saturated heterocycles. The first-order chi connectivity index (χ1) is 9.10. The number of rotatable bonds is 11. The number of hydrogen-bond donors (Lipinski definition) is 0. The maximum atomic E-state index is 10.8. The molecule has 0 aromatic carbocycles. The third-order valence-electron chi connectivity index (χ3n) is 1.90. The van der Waals surface area contributed by atoms with Gasteiger partial charge in [0.05, 0.1) is 25.9 Å². The van der Waals surface area contributed by atoms with E-state index >= 15 is 0 Å². The highest BCUT2D eigenvalue weighted by Crippen LogP contribution is 1.93. The van der Waals surface area contributed by atoms with Crippen LogP contribution in [0.1, 0.15) is 6.92 Å². The molecule has 0 aliphatic rings. The molecule has 19 heavy (non-hydrogen) atoms. The lowest BCUT2D eigenvalue weighted by atomic mass is 10.4. The third kappa shape index (κ3) is 11.2. The molecule has 0 aromatic heterocycles. The van der Waals surface area contributed by atoms with Crippen molar-refractivity contribution >= 4 is 11.9 Å². The molecule has 108 valence electrons. The summed E-state index contributed by atoms with van der Waals surface area (Å²) in [6, 6.07) is 0. The van der Waals surface area contributed by atoms with Gasteiger partial charge >= 0.3 is 11.9 Å². The lowest BCUT2D eigenvalue weighted by molar-refractivity contribution is -0.143. The van der Waals surface area contributed by atoms with Crippen molar-refractivity contribution in [1.29, 1.82) is 0 Å². The van der Waals surface area contributed by atoms with E-state index < -0.39 is 11.9 Å². The van der Waals surface area contributed by atoms with E-state index in [4.69, 9.17) is 18.9 Å². The van der Waals surface area contributed by atoms with Crippen molar-refractivity contribution in [2.24, 2.45) is 0 Å². The van der Waals surface area contributed by atoms with Gasteiger partial charge in [0.25, 0.3) is 0 Å². The van der Waals surface area contributed by atoms with E-state index in [0.29, 0.717) is 19.8 Å². The Labute approximate surface area is 113 Å². The molecule has 0 N–H and O–H groups in total. The molecule has 0 heterocycles. The summed E-state index contributed by atoms with van der Waals surface area (Å²) >= 11 is 0. The molecule has 0 rings (SSSR count). The Hall–Kier alpha value is -1.66. The summed E-state index contributed by atoms with van der Waals surface area (Å²) in [4.78, 5) is 21.4. The number of hydrogen-bond acceptors (Lipinski definition) is 6. The molecule has 1 unspecified atom stereocenters. The maximum Gasteiger partial charge on any atom is 0.330 e. The average molecular weight is 272 g/mol. The molecule has 0 aliphatic heterocycles. The van der Waals surface area contributed by atoms with E-state index in [9.17, 15) is 9.59 Å². The zero-order valence-electron chi connectivity index (χ0n) is 11.1. The monoisotopic (exact) mass is 272 g/mol. The second-order valence-electron chi connectivity index (χ2n) is 3.50. The van der Waals surface area contributed by atoms with Crippen molar-refractivity contribution in [2.45, 2.75) is 13.0 Å². The minimum absolute atomic E-state index is 0.168. The molecule has 0 aliphatic carbocycles. The van der Waals surface area contributed by atoms with Crippen LogP contribution in [0.15, 0.2) is 25.3 Å². The van der Waals surface area contributed by atoms with E-state index in [1.165, 1.54) is 0 Å². The number of carbonyl (C=O) groups is 2. The zero-order valence-corrected chi connectivity index (χ0v) is 11.1. The SMILES string of the molecule is C=CC(=O)OCCOCCOC(C)COC(=O)C=C. The van der Waals surface area contributed by atoms with Crippen LogP contribution >= 0.6 is 0 Å². The summed E-state index contributed by atoms with van der Waals surface area (Å²) in [7, 11) is 0. The topological polar surface area (TPSA) is 71.1 Å². The van der Waals surface area contributed by atoms with Crippen LogP contribution in [0.3, 0.4) is 0 Å². The van der Waals surface area contributed by atoms with Gasteiger partial charge in [0, 0.05) is 12.2 Å². The Kier molecular flexibility index (Phi) is 10.4.